The highest BCUT2D eigenvalue weighted by Crippen LogP contribution is 2.44. The van der Waals surface area contributed by atoms with E-state index in [1.54, 1.807) is 18.2 Å². The fraction of sp³-hybridized carbons (Fsp3) is 0.259. The average molecular weight is 560 g/mol. The molecular weight excluding hydrogens is 535 g/mol. The lowest BCUT2D eigenvalue weighted by molar-refractivity contribution is 0.0711. The third-order valence-electron chi connectivity index (χ3n) is 6.84. The summed E-state index contributed by atoms with van der Waals surface area (Å²) in [5.41, 5.74) is 4.72. The van der Waals surface area contributed by atoms with Crippen molar-refractivity contribution < 1.29 is 14.7 Å². The van der Waals surface area contributed by atoms with Gasteiger partial charge in [-0.2, -0.15) is 0 Å². The Hall–Kier alpha value is -2.97. The van der Waals surface area contributed by atoms with Crippen molar-refractivity contribution in [1.29, 1.82) is 0 Å². The molecule has 0 aromatic heterocycles. The number of carbonyl (C=O) groups is 2. The summed E-state index contributed by atoms with van der Waals surface area (Å²) in [6.45, 7) is 4.45. The molecule has 10 heteroatoms. The first-order chi connectivity index (χ1) is 17.7. The molecule has 0 saturated carbocycles. The number of fused-ring (bicyclic) bond motifs is 1. The van der Waals surface area contributed by atoms with Crippen molar-refractivity contribution in [1.82, 2.24) is 15.1 Å². The van der Waals surface area contributed by atoms with E-state index in [1.807, 2.05) is 37.3 Å². The van der Waals surface area contributed by atoms with Crippen LogP contribution in [-0.4, -0.2) is 52.7 Å². The van der Waals surface area contributed by atoms with Crippen molar-refractivity contribution in [3.8, 4) is 11.1 Å². The van der Waals surface area contributed by atoms with Crippen LogP contribution in [0.1, 0.15) is 18.1 Å². The van der Waals surface area contributed by atoms with Gasteiger partial charge < -0.3 is 15.3 Å². The van der Waals surface area contributed by atoms with E-state index in [1.165, 1.54) is 9.80 Å². The van der Waals surface area contributed by atoms with Crippen molar-refractivity contribution in [2.24, 2.45) is 0 Å². The SMILES string of the molecule is CC1CN(Cc2cc(-c3ccccc3Cl)c3c(c2)N(c2c(Cl)cccc2Cl)C(=O)NC3)CCN1C(=O)O. The number of carbonyl (C=O) groups excluding carboxylic acids is 1. The fourth-order valence-corrected chi connectivity index (χ4v) is 5.91. The Bertz CT molecular complexity index is 1360. The number of anilines is 2. The second kappa shape index (κ2) is 10.4. The van der Waals surface area contributed by atoms with E-state index in [0.29, 0.717) is 59.2 Å². The van der Waals surface area contributed by atoms with Crippen LogP contribution in [-0.2, 0) is 13.1 Å². The Morgan fingerprint density at radius 2 is 1.70 bits per heavy atom. The van der Waals surface area contributed by atoms with Gasteiger partial charge in [0.1, 0.15) is 0 Å². The number of amides is 3. The molecule has 192 valence electrons. The van der Waals surface area contributed by atoms with Crippen LogP contribution in [0.4, 0.5) is 21.0 Å². The average Bonchev–Trinajstić information content (AvgIpc) is 2.85. The molecule has 0 spiro atoms. The van der Waals surface area contributed by atoms with Gasteiger partial charge in [-0.25, -0.2) is 9.59 Å². The first-order valence-electron chi connectivity index (χ1n) is 11.9. The molecule has 7 nitrogen and oxygen atoms in total. The third-order valence-corrected chi connectivity index (χ3v) is 7.77. The quantitative estimate of drug-likeness (QED) is 0.366. The van der Waals surface area contributed by atoms with Crippen LogP contribution in [0.15, 0.2) is 54.6 Å². The highest BCUT2D eigenvalue weighted by Gasteiger charge is 2.32. The van der Waals surface area contributed by atoms with E-state index >= 15 is 0 Å². The Morgan fingerprint density at radius 1 is 1.00 bits per heavy atom. The molecule has 0 radical (unpaired) electrons. The monoisotopic (exact) mass is 558 g/mol. The van der Waals surface area contributed by atoms with Gasteiger partial charge in [0.2, 0.25) is 0 Å². The normalized spacial score (nSPS) is 17.9. The number of urea groups is 1. The number of para-hydroxylation sites is 1. The third kappa shape index (κ3) is 4.97. The first-order valence-corrected chi connectivity index (χ1v) is 13.0. The van der Waals surface area contributed by atoms with E-state index < -0.39 is 6.09 Å². The molecule has 1 fully saturated rings. The minimum atomic E-state index is -0.903. The summed E-state index contributed by atoms with van der Waals surface area (Å²) in [6.07, 6.45) is -0.903. The summed E-state index contributed by atoms with van der Waals surface area (Å²) in [6, 6.07) is 16.4. The molecule has 2 N–H and O–H groups in total. The number of hydrogen-bond donors (Lipinski definition) is 2. The van der Waals surface area contributed by atoms with E-state index in [0.717, 1.165) is 22.3 Å². The van der Waals surface area contributed by atoms with Gasteiger partial charge >= 0.3 is 12.1 Å². The van der Waals surface area contributed by atoms with Crippen LogP contribution in [0.2, 0.25) is 15.1 Å². The maximum Gasteiger partial charge on any atom is 0.407 e. The van der Waals surface area contributed by atoms with Crippen molar-refractivity contribution in [2.75, 3.05) is 24.5 Å². The molecule has 5 rings (SSSR count). The topological polar surface area (TPSA) is 76.1 Å². The number of hydrogen-bond acceptors (Lipinski definition) is 3. The van der Waals surface area contributed by atoms with Crippen molar-refractivity contribution in [2.45, 2.75) is 26.1 Å². The molecule has 1 saturated heterocycles. The molecule has 3 aromatic carbocycles. The molecule has 3 aromatic rings. The van der Waals surface area contributed by atoms with Gasteiger partial charge in [-0.1, -0.05) is 59.1 Å². The molecule has 2 aliphatic rings. The zero-order chi connectivity index (χ0) is 26.3. The summed E-state index contributed by atoms with van der Waals surface area (Å²) < 4.78 is 0. The predicted molar refractivity (Wildman–Crippen MR) is 147 cm³/mol. The molecule has 37 heavy (non-hydrogen) atoms. The second-order valence-corrected chi connectivity index (χ2v) is 10.5. The van der Waals surface area contributed by atoms with Gasteiger partial charge in [-0.15, -0.1) is 0 Å². The van der Waals surface area contributed by atoms with Crippen molar-refractivity contribution in [3.05, 3.63) is 80.8 Å². The van der Waals surface area contributed by atoms with E-state index in [4.69, 9.17) is 34.8 Å². The maximum atomic E-state index is 13.2. The first kappa shape index (κ1) is 25.7. The van der Waals surface area contributed by atoms with E-state index in [9.17, 15) is 14.7 Å². The Labute approximate surface area is 230 Å². The number of nitrogens with one attached hydrogen (secondary N) is 1. The lowest BCUT2D eigenvalue weighted by atomic mass is 9.93. The predicted octanol–water partition coefficient (Wildman–Crippen LogP) is 6.86. The number of halogens is 3. The highest BCUT2D eigenvalue weighted by molar-refractivity contribution is 6.40. The highest BCUT2D eigenvalue weighted by atomic mass is 35.5. The minimum Gasteiger partial charge on any atom is -0.465 e. The maximum absolute atomic E-state index is 13.2. The zero-order valence-corrected chi connectivity index (χ0v) is 22.3. The van der Waals surface area contributed by atoms with Gasteiger partial charge in [0.05, 0.1) is 21.4 Å². The Kier molecular flexibility index (Phi) is 7.23. The summed E-state index contributed by atoms with van der Waals surface area (Å²) in [5, 5.41) is 13.7. The molecular formula is C27H25Cl3N4O3. The van der Waals surface area contributed by atoms with Crippen LogP contribution < -0.4 is 10.2 Å². The molecule has 0 bridgehead atoms. The van der Waals surface area contributed by atoms with Gasteiger partial charge in [0.25, 0.3) is 0 Å². The van der Waals surface area contributed by atoms with Gasteiger partial charge in [-0.3, -0.25) is 9.80 Å². The van der Waals surface area contributed by atoms with Gasteiger partial charge in [-0.05, 0) is 48.4 Å². The van der Waals surface area contributed by atoms with Crippen LogP contribution in [0.3, 0.4) is 0 Å². The smallest absolute Gasteiger partial charge is 0.407 e. The molecule has 2 heterocycles. The van der Waals surface area contributed by atoms with Crippen molar-refractivity contribution in [3.63, 3.8) is 0 Å². The van der Waals surface area contributed by atoms with Crippen LogP contribution in [0.5, 0.6) is 0 Å². The number of rotatable bonds is 4. The summed E-state index contributed by atoms with van der Waals surface area (Å²) in [7, 11) is 0. The van der Waals surface area contributed by atoms with E-state index in [2.05, 4.69) is 16.3 Å². The van der Waals surface area contributed by atoms with E-state index in [-0.39, 0.29) is 12.1 Å². The van der Waals surface area contributed by atoms with Gasteiger partial charge in [0.15, 0.2) is 0 Å². The Balaban J connectivity index is 1.62. The molecule has 2 aliphatic heterocycles. The number of piperazine rings is 1. The van der Waals surface area contributed by atoms with Crippen LogP contribution in [0, 0.1) is 0 Å². The molecule has 1 unspecified atom stereocenters. The lowest BCUT2D eigenvalue weighted by Crippen LogP contribution is -2.53. The molecule has 1 atom stereocenters. The van der Waals surface area contributed by atoms with Crippen LogP contribution >= 0.6 is 34.8 Å². The standard InChI is InChI=1S/C27H25Cl3N4O3/c1-16-14-32(9-10-33(16)27(36)37)15-17-11-19(18-5-2-3-6-21(18)28)20-13-31-26(35)34(24(20)12-17)25-22(29)7-4-8-23(25)30/h2-8,11-12,16H,9-10,13-15H2,1H3,(H,31,35)(H,36,37). The van der Waals surface area contributed by atoms with Crippen LogP contribution in [0.25, 0.3) is 11.1 Å². The number of benzene rings is 3. The Morgan fingerprint density at radius 3 is 2.38 bits per heavy atom. The zero-order valence-electron chi connectivity index (χ0n) is 20.0. The van der Waals surface area contributed by atoms with Crippen molar-refractivity contribution >= 4 is 58.3 Å². The summed E-state index contributed by atoms with van der Waals surface area (Å²) in [4.78, 5) is 29.9. The fourth-order valence-electron chi connectivity index (χ4n) is 5.11. The van der Waals surface area contributed by atoms with Gasteiger partial charge in [0, 0.05) is 54.9 Å². The largest absolute Gasteiger partial charge is 0.465 e. The minimum absolute atomic E-state index is 0.129. The molecule has 3 amide bonds. The number of carboxylic acid groups (broad SMARTS) is 1. The lowest BCUT2D eigenvalue weighted by Gasteiger charge is -2.38. The molecule has 0 aliphatic carbocycles. The number of nitrogens with zero attached hydrogens (tertiary/aromatic N) is 3. The summed E-state index contributed by atoms with van der Waals surface area (Å²) >= 11 is 19.7. The summed E-state index contributed by atoms with van der Waals surface area (Å²) in [5.74, 6) is 0. The second-order valence-electron chi connectivity index (χ2n) is 9.25.